The van der Waals surface area contributed by atoms with Gasteiger partial charge in [-0.2, -0.15) is 0 Å². The minimum Gasteiger partial charge on any atom is -0.497 e. The van der Waals surface area contributed by atoms with E-state index in [4.69, 9.17) is 4.74 Å². The molecule has 0 unspecified atom stereocenters. The van der Waals surface area contributed by atoms with Gasteiger partial charge in [0.05, 0.1) is 18.4 Å². The molecule has 0 aliphatic carbocycles. The highest BCUT2D eigenvalue weighted by Gasteiger charge is 2.08. The fourth-order valence-corrected chi connectivity index (χ4v) is 2.04. The molecule has 0 radical (unpaired) electrons. The van der Waals surface area contributed by atoms with E-state index in [2.05, 4.69) is 29.5 Å². The Bertz CT molecular complexity index is 639. The number of aromatic nitrogens is 1. The van der Waals surface area contributed by atoms with Gasteiger partial charge in [0, 0.05) is 24.6 Å². The molecule has 0 fully saturated rings. The van der Waals surface area contributed by atoms with Crippen molar-refractivity contribution in [2.75, 3.05) is 24.3 Å². The molecule has 0 saturated carbocycles. The van der Waals surface area contributed by atoms with Gasteiger partial charge in [0.1, 0.15) is 5.75 Å². The van der Waals surface area contributed by atoms with Gasteiger partial charge in [-0.05, 0) is 42.7 Å². The van der Waals surface area contributed by atoms with Crippen LogP contribution in [-0.4, -0.2) is 24.5 Å². The summed E-state index contributed by atoms with van der Waals surface area (Å²) in [4.78, 5) is 16.4. The predicted molar refractivity (Wildman–Crippen MR) is 93.1 cm³/mol. The van der Waals surface area contributed by atoms with Crippen molar-refractivity contribution < 1.29 is 9.53 Å². The number of pyridine rings is 1. The Labute approximate surface area is 137 Å². The van der Waals surface area contributed by atoms with Crippen LogP contribution in [0.4, 0.5) is 11.4 Å². The van der Waals surface area contributed by atoms with E-state index in [9.17, 15) is 4.79 Å². The third-order valence-corrected chi connectivity index (χ3v) is 3.40. The monoisotopic (exact) mass is 313 g/mol. The van der Waals surface area contributed by atoms with Crippen LogP contribution in [0, 0.1) is 5.92 Å². The Kier molecular flexibility index (Phi) is 5.97. The third-order valence-electron chi connectivity index (χ3n) is 3.40. The maximum atomic E-state index is 12.3. The lowest BCUT2D eigenvalue weighted by molar-refractivity contribution is 0.102. The van der Waals surface area contributed by atoms with Gasteiger partial charge in [-0.15, -0.1) is 0 Å². The highest BCUT2D eigenvalue weighted by molar-refractivity contribution is 6.04. The molecular formula is C18H23N3O2. The smallest absolute Gasteiger partial charge is 0.257 e. The maximum absolute atomic E-state index is 12.3. The summed E-state index contributed by atoms with van der Waals surface area (Å²) in [5.41, 5.74) is 2.09. The quantitative estimate of drug-likeness (QED) is 0.816. The second-order valence-electron chi connectivity index (χ2n) is 5.75. The number of hydrogen-bond donors (Lipinski definition) is 2. The van der Waals surface area contributed by atoms with Crippen LogP contribution >= 0.6 is 0 Å². The number of ether oxygens (including phenoxy) is 1. The fraction of sp³-hybridized carbons (Fsp3) is 0.333. The molecule has 5 heteroatoms. The Morgan fingerprint density at radius 1 is 1.17 bits per heavy atom. The molecule has 0 bridgehead atoms. The molecule has 0 aliphatic rings. The van der Waals surface area contributed by atoms with E-state index >= 15 is 0 Å². The molecular weight excluding hydrogens is 290 g/mol. The van der Waals surface area contributed by atoms with Gasteiger partial charge in [0.2, 0.25) is 0 Å². The zero-order valence-corrected chi connectivity index (χ0v) is 13.8. The predicted octanol–water partition coefficient (Wildman–Crippen LogP) is 3.80. The maximum Gasteiger partial charge on any atom is 0.257 e. The van der Waals surface area contributed by atoms with Crippen molar-refractivity contribution in [2.45, 2.75) is 20.3 Å². The van der Waals surface area contributed by atoms with Crippen LogP contribution in [0.5, 0.6) is 5.75 Å². The molecule has 1 aromatic heterocycles. The van der Waals surface area contributed by atoms with Gasteiger partial charge in [-0.25, -0.2) is 0 Å². The van der Waals surface area contributed by atoms with Crippen LogP contribution in [0.1, 0.15) is 30.6 Å². The first-order chi connectivity index (χ1) is 11.1. The average molecular weight is 313 g/mol. The molecule has 1 aromatic carbocycles. The van der Waals surface area contributed by atoms with E-state index in [1.165, 1.54) is 0 Å². The van der Waals surface area contributed by atoms with Gasteiger partial charge in [-0.3, -0.25) is 9.78 Å². The third kappa shape index (κ3) is 5.29. The number of benzene rings is 1. The molecule has 0 saturated heterocycles. The molecule has 2 rings (SSSR count). The van der Waals surface area contributed by atoms with Crippen molar-refractivity contribution in [3.8, 4) is 5.75 Å². The Morgan fingerprint density at radius 3 is 2.57 bits per heavy atom. The van der Waals surface area contributed by atoms with E-state index in [1.807, 2.05) is 6.07 Å². The molecule has 5 nitrogen and oxygen atoms in total. The average Bonchev–Trinajstić information content (AvgIpc) is 2.55. The molecule has 0 spiro atoms. The van der Waals surface area contributed by atoms with Crippen LogP contribution < -0.4 is 15.4 Å². The van der Waals surface area contributed by atoms with Crippen molar-refractivity contribution in [3.05, 3.63) is 48.3 Å². The van der Waals surface area contributed by atoms with Crippen LogP contribution in [0.2, 0.25) is 0 Å². The standard InChI is InChI=1S/C18H23N3O2/c1-13(2)8-9-20-16-10-14(11-19-12-16)18(22)21-15-4-6-17(23-3)7-5-15/h4-7,10-13,20H,8-9H2,1-3H3,(H,21,22). The van der Waals surface area contributed by atoms with Crippen molar-refractivity contribution in [1.82, 2.24) is 4.98 Å². The molecule has 23 heavy (non-hydrogen) atoms. The molecule has 1 amide bonds. The Hall–Kier alpha value is -2.56. The number of nitrogens with one attached hydrogen (secondary N) is 2. The molecule has 2 aromatic rings. The molecule has 0 atom stereocenters. The minimum absolute atomic E-state index is 0.185. The SMILES string of the molecule is COc1ccc(NC(=O)c2cncc(NCCC(C)C)c2)cc1. The normalized spacial score (nSPS) is 10.4. The van der Waals surface area contributed by atoms with E-state index in [0.717, 1.165) is 24.4 Å². The zero-order valence-electron chi connectivity index (χ0n) is 13.8. The number of carbonyl (C=O) groups is 1. The lowest BCUT2D eigenvalue weighted by Crippen LogP contribution is -2.13. The van der Waals surface area contributed by atoms with Crippen molar-refractivity contribution in [3.63, 3.8) is 0 Å². The first-order valence-corrected chi connectivity index (χ1v) is 7.73. The number of hydrogen-bond acceptors (Lipinski definition) is 4. The number of amides is 1. The second kappa shape index (κ2) is 8.17. The number of carbonyl (C=O) groups excluding carboxylic acids is 1. The van der Waals surface area contributed by atoms with Crippen LogP contribution in [0.15, 0.2) is 42.7 Å². The van der Waals surface area contributed by atoms with Crippen LogP contribution in [-0.2, 0) is 0 Å². The van der Waals surface area contributed by atoms with Gasteiger partial charge in [-0.1, -0.05) is 13.8 Å². The zero-order chi connectivity index (χ0) is 16.7. The van der Waals surface area contributed by atoms with Crippen LogP contribution in [0.3, 0.4) is 0 Å². The molecule has 1 heterocycles. The summed E-state index contributed by atoms with van der Waals surface area (Å²) in [6.07, 6.45) is 4.36. The van der Waals surface area contributed by atoms with Gasteiger partial charge in [0.25, 0.3) is 5.91 Å². The Balaban J connectivity index is 1.98. The summed E-state index contributed by atoms with van der Waals surface area (Å²) >= 11 is 0. The summed E-state index contributed by atoms with van der Waals surface area (Å²) in [5, 5.41) is 6.14. The highest BCUT2D eigenvalue weighted by atomic mass is 16.5. The van der Waals surface area contributed by atoms with Crippen LogP contribution in [0.25, 0.3) is 0 Å². The van der Waals surface area contributed by atoms with Gasteiger partial charge >= 0.3 is 0 Å². The lowest BCUT2D eigenvalue weighted by Gasteiger charge is -2.10. The van der Waals surface area contributed by atoms with Crippen molar-refractivity contribution >= 4 is 17.3 Å². The summed E-state index contributed by atoms with van der Waals surface area (Å²) in [7, 11) is 1.61. The molecule has 2 N–H and O–H groups in total. The van der Waals surface area contributed by atoms with Gasteiger partial charge < -0.3 is 15.4 Å². The second-order valence-corrected chi connectivity index (χ2v) is 5.75. The number of anilines is 2. The van der Waals surface area contributed by atoms with E-state index in [0.29, 0.717) is 17.2 Å². The number of methoxy groups -OCH3 is 1. The molecule has 0 aliphatic heterocycles. The summed E-state index contributed by atoms with van der Waals surface area (Å²) < 4.78 is 5.10. The van der Waals surface area contributed by atoms with E-state index in [-0.39, 0.29) is 5.91 Å². The summed E-state index contributed by atoms with van der Waals surface area (Å²) in [6.45, 7) is 5.22. The van der Waals surface area contributed by atoms with E-state index in [1.54, 1.807) is 43.8 Å². The Morgan fingerprint density at radius 2 is 1.91 bits per heavy atom. The highest BCUT2D eigenvalue weighted by Crippen LogP contribution is 2.16. The summed E-state index contributed by atoms with van der Waals surface area (Å²) in [6, 6.07) is 9.02. The van der Waals surface area contributed by atoms with Crippen molar-refractivity contribution in [2.24, 2.45) is 5.92 Å². The summed E-state index contributed by atoms with van der Waals surface area (Å²) in [5.74, 6) is 1.20. The minimum atomic E-state index is -0.185. The number of rotatable bonds is 7. The molecule has 122 valence electrons. The first-order valence-electron chi connectivity index (χ1n) is 7.73. The van der Waals surface area contributed by atoms with Gasteiger partial charge in [0.15, 0.2) is 0 Å². The fourth-order valence-electron chi connectivity index (χ4n) is 2.04. The first kappa shape index (κ1) is 16.8. The largest absolute Gasteiger partial charge is 0.497 e. The topological polar surface area (TPSA) is 63.2 Å². The number of nitrogens with zero attached hydrogens (tertiary/aromatic N) is 1. The van der Waals surface area contributed by atoms with Crippen molar-refractivity contribution in [1.29, 1.82) is 0 Å². The van der Waals surface area contributed by atoms with E-state index < -0.39 is 0 Å². The lowest BCUT2D eigenvalue weighted by atomic mass is 10.1.